The first kappa shape index (κ1) is 14.1. The molecule has 1 aromatic rings. The van der Waals surface area contributed by atoms with E-state index in [1.54, 1.807) is 13.4 Å². The molecule has 0 amide bonds. The SMILES string of the molecule is CCn1ncnc1CC(NN)C(C)(CC)OC. The quantitative estimate of drug-likeness (QED) is 0.536. The minimum Gasteiger partial charge on any atom is -0.377 e. The highest BCUT2D eigenvalue weighted by Gasteiger charge is 2.33. The molecule has 0 saturated heterocycles. The summed E-state index contributed by atoms with van der Waals surface area (Å²) in [6, 6.07) is 0.00648. The fraction of sp³-hybridized carbons (Fsp3) is 0.818. The van der Waals surface area contributed by atoms with Gasteiger partial charge in [0.15, 0.2) is 0 Å². The third-order valence-electron chi connectivity index (χ3n) is 3.49. The molecule has 0 saturated carbocycles. The number of nitrogens with zero attached hydrogens (tertiary/aromatic N) is 3. The van der Waals surface area contributed by atoms with E-state index in [4.69, 9.17) is 10.6 Å². The predicted molar refractivity (Wildman–Crippen MR) is 66.2 cm³/mol. The number of aromatic nitrogens is 3. The second-order valence-corrected chi connectivity index (χ2v) is 4.29. The number of hydrogen-bond donors (Lipinski definition) is 2. The average Bonchev–Trinajstić information content (AvgIpc) is 2.82. The Bertz CT molecular complexity index is 334. The first-order chi connectivity index (χ1) is 8.11. The summed E-state index contributed by atoms with van der Waals surface area (Å²) in [4.78, 5) is 4.26. The largest absolute Gasteiger partial charge is 0.377 e. The Labute approximate surface area is 103 Å². The van der Waals surface area contributed by atoms with Crippen molar-refractivity contribution in [2.24, 2.45) is 5.84 Å². The Morgan fingerprint density at radius 3 is 2.76 bits per heavy atom. The Hall–Kier alpha value is -0.980. The summed E-state index contributed by atoms with van der Waals surface area (Å²) in [6.07, 6.45) is 3.14. The van der Waals surface area contributed by atoms with Crippen molar-refractivity contribution in [2.75, 3.05) is 7.11 Å². The zero-order valence-corrected chi connectivity index (χ0v) is 11.1. The third-order valence-corrected chi connectivity index (χ3v) is 3.49. The third kappa shape index (κ3) is 3.02. The molecule has 0 aromatic carbocycles. The zero-order valence-electron chi connectivity index (χ0n) is 11.1. The van der Waals surface area contributed by atoms with Crippen LogP contribution < -0.4 is 11.3 Å². The van der Waals surface area contributed by atoms with Crippen LogP contribution >= 0.6 is 0 Å². The standard InChI is InChI=1S/C11H23N5O/c1-5-11(3,17-4)9(15-12)7-10-13-8-14-16(10)6-2/h8-9,15H,5-7,12H2,1-4H3. The number of hydrazine groups is 1. The van der Waals surface area contributed by atoms with Crippen LogP contribution in [0.25, 0.3) is 0 Å². The molecule has 2 unspecified atom stereocenters. The van der Waals surface area contributed by atoms with Gasteiger partial charge in [-0.05, 0) is 20.3 Å². The highest BCUT2D eigenvalue weighted by molar-refractivity contribution is 4.97. The summed E-state index contributed by atoms with van der Waals surface area (Å²) >= 11 is 0. The van der Waals surface area contributed by atoms with Crippen LogP contribution in [-0.4, -0.2) is 33.5 Å². The van der Waals surface area contributed by atoms with E-state index >= 15 is 0 Å². The molecule has 0 aliphatic rings. The maximum atomic E-state index is 5.63. The summed E-state index contributed by atoms with van der Waals surface area (Å²) in [5, 5.41) is 4.15. The van der Waals surface area contributed by atoms with E-state index in [0.29, 0.717) is 6.42 Å². The van der Waals surface area contributed by atoms with Gasteiger partial charge in [-0.25, -0.2) is 4.98 Å². The van der Waals surface area contributed by atoms with Gasteiger partial charge in [0.2, 0.25) is 0 Å². The molecule has 1 rings (SSSR count). The fourth-order valence-electron chi connectivity index (χ4n) is 1.88. The maximum absolute atomic E-state index is 5.63. The maximum Gasteiger partial charge on any atom is 0.138 e. The number of nitrogens with two attached hydrogens (primary N) is 1. The van der Waals surface area contributed by atoms with Crippen molar-refractivity contribution in [1.82, 2.24) is 20.2 Å². The van der Waals surface area contributed by atoms with Gasteiger partial charge in [0.1, 0.15) is 12.2 Å². The fourth-order valence-corrected chi connectivity index (χ4v) is 1.88. The van der Waals surface area contributed by atoms with Gasteiger partial charge >= 0.3 is 0 Å². The van der Waals surface area contributed by atoms with Crippen molar-refractivity contribution in [3.63, 3.8) is 0 Å². The van der Waals surface area contributed by atoms with E-state index in [-0.39, 0.29) is 11.6 Å². The minimum atomic E-state index is -0.306. The average molecular weight is 241 g/mol. The first-order valence-corrected chi connectivity index (χ1v) is 5.99. The summed E-state index contributed by atoms with van der Waals surface area (Å²) < 4.78 is 7.43. The molecule has 6 nitrogen and oxygen atoms in total. The molecule has 3 N–H and O–H groups in total. The van der Waals surface area contributed by atoms with Crippen LogP contribution in [0.5, 0.6) is 0 Å². The number of nitrogens with one attached hydrogen (secondary N) is 1. The predicted octanol–water partition coefficient (Wildman–Crippen LogP) is 0.488. The molecule has 2 atom stereocenters. The second-order valence-electron chi connectivity index (χ2n) is 4.29. The van der Waals surface area contributed by atoms with Gasteiger partial charge in [0.25, 0.3) is 0 Å². The number of aryl methyl sites for hydroxylation is 1. The highest BCUT2D eigenvalue weighted by Crippen LogP contribution is 2.21. The lowest BCUT2D eigenvalue weighted by atomic mass is 9.91. The van der Waals surface area contributed by atoms with E-state index in [1.807, 2.05) is 18.5 Å². The first-order valence-electron chi connectivity index (χ1n) is 5.99. The molecule has 0 radical (unpaired) electrons. The minimum absolute atomic E-state index is 0.00648. The summed E-state index contributed by atoms with van der Waals surface area (Å²) in [6.45, 7) is 6.98. The van der Waals surface area contributed by atoms with Gasteiger partial charge in [-0.15, -0.1) is 0 Å². The van der Waals surface area contributed by atoms with Crippen LogP contribution in [0.15, 0.2) is 6.33 Å². The number of hydrogen-bond acceptors (Lipinski definition) is 5. The van der Waals surface area contributed by atoms with Crippen molar-refractivity contribution in [1.29, 1.82) is 0 Å². The van der Waals surface area contributed by atoms with Crippen LogP contribution in [0.1, 0.15) is 33.0 Å². The molecule has 0 spiro atoms. The van der Waals surface area contributed by atoms with E-state index in [2.05, 4.69) is 22.4 Å². The molecule has 0 aliphatic carbocycles. The van der Waals surface area contributed by atoms with Crippen LogP contribution in [0, 0.1) is 0 Å². The number of methoxy groups -OCH3 is 1. The van der Waals surface area contributed by atoms with Crippen molar-refractivity contribution >= 4 is 0 Å². The van der Waals surface area contributed by atoms with Crippen molar-refractivity contribution < 1.29 is 4.74 Å². The Morgan fingerprint density at radius 2 is 2.29 bits per heavy atom. The van der Waals surface area contributed by atoms with Crippen LogP contribution in [-0.2, 0) is 17.7 Å². The van der Waals surface area contributed by atoms with E-state index in [0.717, 1.165) is 18.8 Å². The molecule has 17 heavy (non-hydrogen) atoms. The van der Waals surface area contributed by atoms with Crippen LogP contribution in [0.3, 0.4) is 0 Å². The highest BCUT2D eigenvalue weighted by atomic mass is 16.5. The summed E-state index contributed by atoms with van der Waals surface area (Å²) in [5.41, 5.74) is 2.52. The molecular formula is C11H23N5O. The van der Waals surface area contributed by atoms with Gasteiger partial charge in [-0.2, -0.15) is 5.10 Å². The molecule has 1 heterocycles. The Kier molecular flexibility index (Phi) is 5.04. The van der Waals surface area contributed by atoms with Crippen molar-refractivity contribution in [2.45, 2.75) is 51.8 Å². The lowest BCUT2D eigenvalue weighted by Gasteiger charge is -2.35. The van der Waals surface area contributed by atoms with Gasteiger partial charge in [-0.3, -0.25) is 16.0 Å². The number of ether oxygens (including phenoxy) is 1. The number of rotatable bonds is 7. The van der Waals surface area contributed by atoms with Gasteiger partial charge < -0.3 is 4.74 Å². The van der Waals surface area contributed by atoms with Gasteiger partial charge in [0, 0.05) is 20.1 Å². The van der Waals surface area contributed by atoms with E-state index in [9.17, 15) is 0 Å². The smallest absolute Gasteiger partial charge is 0.138 e. The molecule has 1 aromatic heterocycles. The lowest BCUT2D eigenvalue weighted by Crippen LogP contribution is -2.54. The zero-order chi connectivity index (χ0) is 12.9. The van der Waals surface area contributed by atoms with E-state index < -0.39 is 0 Å². The van der Waals surface area contributed by atoms with Gasteiger partial charge in [0.05, 0.1) is 11.6 Å². The topological polar surface area (TPSA) is 78.0 Å². The van der Waals surface area contributed by atoms with Crippen LogP contribution in [0.2, 0.25) is 0 Å². The molecular weight excluding hydrogens is 218 g/mol. The summed E-state index contributed by atoms with van der Waals surface area (Å²) in [5.74, 6) is 6.55. The Balaban J connectivity index is 2.83. The lowest BCUT2D eigenvalue weighted by molar-refractivity contribution is -0.0295. The summed E-state index contributed by atoms with van der Waals surface area (Å²) in [7, 11) is 1.71. The molecule has 0 fully saturated rings. The molecule has 6 heteroatoms. The molecule has 0 aliphatic heterocycles. The monoisotopic (exact) mass is 241 g/mol. The van der Waals surface area contributed by atoms with Crippen molar-refractivity contribution in [3.8, 4) is 0 Å². The van der Waals surface area contributed by atoms with E-state index in [1.165, 1.54) is 0 Å². The normalized spacial score (nSPS) is 16.8. The molecule has 0 bridgehead atoms. The Morgan fingerprint density at radius 1 is 1.59 bits per heavy atom. The molecule has 98 valence electrons. The van der Waals surface area contributed by atoms with Crippen molar-refractivity contribution in [3.05, 3.63) is 12.2 Å². The second kappa shape index (κ2) is 6.09. The van der Waals surface area contributed by atoms with Gasteiger partial charge in [-0.1, -0.05) is 6.92 Å². The van der Waals surface area contributed by atoms with Crippen LogP contribution in [0.4, 0.5) is 0 Å².